The fourth-order valence-electron chi connectivity index (χ4n) is 3.63. The Balaban J connectivity index is 1.50. The van der Waals surface area contributed by atoms with Crippen LogP contribution in [0.1, 0.15) is 11.1 Å². The summed E-state index contributed by atoms with van der Waals surface area (Å²) >= 11 is 5.14. The summed E-state index contributed by atoms with van der Waals surface area (Å²) < 4.78 is 19.4. The molecule has 0 saturated heterocycles. The second-order valence-corrected chi connectivity index (χ2v) is 9.13. The Labute approximate surface area is 197 Å². The molecule has 10 heteroatoms. The van der Waals surface area contributed by atoms with Crippen LogP contribution in [0.25, 0.3) is 11.2 Å². The van der Waals surface area contributed by atoms with Crippen LogP contribution in [0.5, 0.6) is 17.2 Å². The van der Waals surface area contributed by atoms with E-state index in [0.29, 0.717) is 29.3 Å². The molecule has 2 aromatic carbocycles. The molecule has 0 aliphatic carbocycles. The van der Waals surface area contributed by atoms with E-state index in [1.54, 1.807) is 7.11 Å². The van der Waals surface area contributed by atoms with Crippen molar-refractivity contribution in [2.24, 2.45) is 0 Å². The van der Waals surface area contributed by atoms with Crippen LogP contribution in [0.4, 0.5) is 5.82 Å². The van der Waals surface area contributed by atoms with Crippen LogP contribution >= 0.6 is 27.7 Å². The quantitative estimate of drug-likeness (QED) is 0.399. The third kappa shape index (κ3) is 3.84. The molecule has 0 radical (unpaired) electrons. The predicted octanol–water partition coefficient (Wildman–Crippen LogP) is 4.61. The normalized spacial score (nSPS) is 12.5. The molecule has 8 nitrogen and oxygen atoms in total. The van der Waals surface area contributed by atoms with Gasteiger partial charge in [0, 0.05) is 15.9 Å². The van der Waals surface area contributed by atoms with Crippen LogP contribution in [-0.2, 0) is 13.0 Å². The third-order valence-corrected chi connectivity index (χ3v) is 7.21. The Morgan fingerprint density at radius 2 is 2.00 bits per heavy atom. The molecule has 0 atom stereocenters. The van der Waals surface area contributed by atoms with Gasteiger partial charge in [0.05, 0.1) is 7.11 Å². The monoisotopic (exact) mass is 513 g/mol. The lowest BCUT2D eigenvalue weighted by Gasteiger charge is -2.11. The maximum Gasteiger partial charge on any atom is 0.231 e. The van der Waals surface area contributed by atoms with Gasteiger partial charge >= 0.3 is 0 Å². The molecule has 0 bridgehead atoms. The van der Waals surface area contributed by atoms with Crippen molar-refractivity contribution >= 4 is 44.7 Å². The molecule has 5 rings (SSSR count). The van der Waals surface area contributed by atoms with Crippen molar-refractivity contribution in [2.75, 3.05) is 19.6 Å². The molecule has 0 saturated carbocycles. The van der Waals surface area contributed by atoms with E-state index in [9.17, 15) is 0 Å². The van der Waals surface area contributed by atoms with E-state index in [4.69, 9.17) is 24.9 Å². The number of aryl methyl sites for hydroxylation is 3. The Morgan fingerprint density at radius 3 is 2.78 bits per heavy atom. The van der Waals surface area contributed by atoms with Crippen LogP contribution in [-0.4, -0.2) is 33.4 Å². The van der Waals surface area contributed by atoms with E-state index in [0.717, 1.165) is 38.0 Å². The Hall–Kier alpha value is -2.98. The van der Waals surface area contributed by atoms with Gasteiger partial charge < -0.3 is 24.5 Å². The highest BCUT2D eigenvalue weighted by molar-refractivity contribution is 9.10. The number of nitrogens with two attached hydrogens (primary N) is 1. The summed E-state index contributed by atoms with van der Waals surface area (Å²) in [4.78, 5) is 14.3. The number of fused-ring (bicyclic) bond motifs is 2. The summed E-state index contributed by atoms with van der Waals surface area (Å²) in [5, 5.41) is 0.775. The van der Waals surface area contributed by atoms with E-state index in [2.05, 4.69) is 42.6 Å². The molecular formula is C22H20BrN5O3S. The van der Waals surface area contributed by atoms with Gasteiger partial charge in [-0.2, -0.15) is 0 Å². The zero-order valence-electron chi connectivity index (χ0n) is 17.5. The number of hydrogen-bond acceptors (Lipinski definition) is 8. The lowest BCUT2D eigenvalue weighted by molar-refractivity contribution is 0.174. The minimum absolute atomic E-state index is 0.224. The zero-order chi connectivity index (χ0) is 22.2. The Kier molecular flexibility index (Phi) is 5.56. The average molecular weight is 514 g/mol. The van der Waals surface area contributed by atoms with Crippen LogP contribution in [0.3, 0.4) is 0 Å². The van der Waals surface area contributed by atoms with Gasteiger partial charge in [-0.05, 0) is 58.6 Å². The van der Waals surface area contributed by atoms with Gasteiger partial charge in [0.2, 0.25) is 6.79 Å². The topological polar surface area (TPSA) is 97.3 Å². The van der Waals surface area contributed by atoms with Crippen molar-refractivity contribution < 1.29 is 14.2 Å². The molecule has 0 spiro atoms. The van der Waals surface area contributed by atoms with Crippen LogP contribution in [0, 0.1) is 6.92 Å². The Bertz CT molecular complexity index is 1330. The van der Waals surface area contributed by atoms with Gasteiger partial charge in [-0.1, -0.05) is 23.9 Å². The molecule has 164 valence electrons. The molecule has 4 aromatic rings. The number of nitrogens with zero attached hydrogens (tertiary/aromatic N) is 4. The zero-order valence-corrected chi connectivity index (χ0v) is 19.9. The number of imidazole rings is 1. The number of hydrogen-bond donors (Lipinski definition) is 1. The van der Waals surface area contributed by atoms with E-state index >= 15 is 0 Å². The van der Waals surface area contributed by atoms with E-state index in [1.807, 2.05) is 25.1 Å². The summed E-state index contributed by atoms with van der Waals surface area (Å²) in [7, 11) is 1.68. The maximum atomic E-state index is 6.10. The van der Waals surface area contributed by atoms with Gasteiger partial charge in [-0.3, -0.25) is 0 Å². The van der Waals surface area contributed by atoms with Crippen molar-refractivity contribution in [1.82, 2.24) is 19.5 Å². The minimum Gasteiger partial charge on any atom is -0.496 e. The SMILES string of the molecule is COc1ccc(CCn2c(Sc3cc4c(cc3Br)OCO4)nc3c(N)ncnc32)cc1C. The van der Waals surface area contributed by atoms with Crippen molar-refractivity contribution in [3.8, 4) is 17.2 Å². The fraction of sp³-hybridized carbons (Fsp3) is 0.227. The third-order valence-electron chi connectivity index (χ3n) is 5.24. The number of methoxy groups -OCH3 is 1. The molecule has 0 fully saturated rings. The summed E-state index contributed by atoms with van der Waals surface area (Å²) in [5.41, 5.74) is 9.71. The fourth-order valence-corrected chi connectivity index (χ4v) is 5.13. The van der Waals surface area contributed by atoms with Crippen molar-refractivity contribution in [2.45, 2.75) is 29.9 Å². The molecule has 2 aromatic heterocycles. The predicted molar refractivity (Wildman–Crippen MR) is 126 cm³/mol. The second-order valence-electron chi connectivity index (χ2n) is 7.27. The largest absolute Gasteiger partial charge is 0.496 e. The average Bonchev–Trinajstić information content (AvgIpc) is 3.37. The number of ether oxygens (including phenoxy) is 3. The first-order valence-corrected chi connectivity index (χ1v) is 11.5. The summed E-state index contributed by atoms with van der Waals surface area (Å²) in [6, 6.07) is 10.1. The summed E-state index contributed by atoms with van der Waals surface area (Å²) in [6.07, 6.45) is 2.27. The summed E-state index contributed by atoms with van der Waals surface area (Å²) in [6.45, 7) is 2.95. The number of nitrogen functional groups attached to an aromatic ring is 1. The number of benzene rings is 2. The first kappa shape index (κ1) is 20.9. The van der Waals surface area contributed by atoms with Gasteiger partial charge in [-0.25, -0.2) is 15.0 Å². The van der Waals surface area contributed by atoms with Crippen molar-refractivity contribution in [3.63, 3.8) is 0 Å². The molecule has 0 amide bonds. The van der Waals surface area contributed by atoms with Gasteiger partial charge in [-0.15, -0.1) is 0 Å². The van der Waals surface area contributed by atoms with Crippen molar-refractivity contribution in [1.29, 1.82) is 0 Å². The molecule has 32 heavy (non-hydrogen) atoms. The number of anilines is 1. The standard InChI is InChI=1S/C22H20BrN5O3S/c1-12-7-13(3-4-15(12)29-2)5-6-28-21-19(20(24)25-10-26-21)27-22(28)32-18-9-17-16(8-14(18)23)30-11-31-17/h3-4,7-10H,5-6,11H2,1-2H3,(H2,24,25,26). The highest BCUT2D eigenvalue weighted by Crippen LogP contribution is 2.43. The van der Waals surface area contributed by atoms with E-state index < -0.39 is 0 Å². The van der Waals surface area contributed by atoms with Gasteiger partial charge in [0.15, 0.2) is 33.6 Å². The maximum absolute atomic E-state index is 6.10. The van der Waals surface area contributed by atoms with Gasteiger partial charge in [0.25, 0.3) is 0 Å². The molecule has 0 unspecified atom stereocenters. The summed E-state index contributed by atoms with van der Waals surface area (Å²) in [5.74, 6) is 2.68. The number of halogens is 1. The Morgan fingerprint density at radius 1 is 1.19 bits per heavy atom. The second kappa shape index (κ2) is 8.51. The lowest BCUT2D eigenvalue weighted by atomic mass is 10.1. The highest BCUT2D eigenvalue weighted by Gasteiger charge is 2.21. The molecule has 1 aliphatic heterocycles. The van der Waals surface area contributed by atoms with Crippen molar-refractivity contribution in [3.05, 3.63) is 52.3 Å². The van der Waals surface area contributed by atoms with E-state index in [1.165, 1.54) is 23.7 Å². The van der Waals surface area contributed by atoms with E-state index in [-0.39, 0.29) is 6.79 Å². The van der Waals surface area contributed by atoms with Crippen LogP contribution < -0.4 is 19.9 Å². The van der Waals surface area contributed by atoms with Crippen LogP contribution in [0.15, 0.2) is 51.2 Å². The number of rotatable bonds is 6. The van der Waals surface area contributed by atoms with Gasteiger partial charge in [0.1, 0.15) is 12.1 Å². The molecule has 1 aliphatic rings. The smallest absolute Gasteiger partial charge is 0.231 e. The molecular weight excluding hydrogens is 494 g/mol. The molecule has 3 heterocycles. The minimum atomic E-state index is 0.224. The number of aromatic nitrogens is 4. The lowest BCUT2D eigenvalue weighted by Crippen LogP contribution is -2.05. The van der Waals surface area contributed by atoms with Crippen LogP contribution in [0.2, 0.25) is 0 Å². The first-order chi connectivity index (χ1) is 15.5. The first-order valence-electron chi connectivity index (χ1n) is 9.90. The highest BCUT2D eigenvalue weighted by atomic mass is 79.9. The molecule has 2 N–H and O–H groups in total.